The van der Waals surface area contributed by atoms with E-state index < -0.39 is 0 Å². The van der Waals surface area contributed by atoms with Crippen molar-refractivity contribution < 1.29 is 0 Å². The number of aromatic nitrogens is 2. The smallest absolute Gasteiger partial charge is 0.255 e. The summed E-state index contributed by atoms with van der Waals surface area (Å²) < 4.78 is 0. The number of rotatable bonds is 3. The maximum atomic E-state index is 11.3. The molecule has 14 heavy (non-hydrogen) atoms. The number of H-pyrrole nitrogens is 1. The topological polar surface area (TPSA) is 97.8 Å². The van der Waals surface area contributed by atoms with Gasteiger partial charge >= 0.3 is 0 Å². The van der Waals surface area contributed by atoms with Crippen LogP contribution in [0.25, 0.3) is 0 Å². The van der Waals surface area contributed by atoms with Gasteiger partial charge in [-0.1, -0.05) is 13.3 Å². The predicted molar refractivity (Wildman–Crippen MR) is 55.8 cm³/mol. The van der Waals surface area contributed by atoms with Gasteiger partial charge in [0.2, 0.25) is 0 Å². The standard InChI is InChI=1S/C9H16N4O/c1-3-4-6(10)8-12-7(11)5(2)9(14)13-8/h6H,3-4,10H2,1-2H3,(H3,11,12,13,14). The number of anilines is 1. The maximum absolute atomic E-state index is 11.3. The number of nitrogen functional groups attached to an aromatic ring is 1. The minimum Gasteiger partial charge on any atom is -0.383 e. The molecule has 1 rings (SSSR count). The van der Waals surface area contributed by atoms with E-state index in [-0.39, 0.29) is 17.4 Å². The van der Waals surface area contributed by atoms with Crippen LogP contribution in [0, 0.1) is 6.92 Å². The van der Waals surface area contributed by atoms with Gasteiger partial charge in [-0.25, -0.2) is 4.98 Å². The quantitative estimate of drug-likeness (QED) is 0.654. The number of hydrogen-bond acceptors (Lipinski definition) is 4. The Kier molecular flexibility index (Phi) is 3.24. The molecule has 0 radical (unpaired) electrons. The largest absolute Gasteiger partial charge is 0.383 e. The zero-order valence-corrected chi connectivity index (χ0v) is 8.50. The fraction of sp³-hybridized carbons (Fsp3) is 0.556. The molecule has 78 valence electrons. The molecule has 1 atom stereocenters. The summed E-state index contributed by atoms with van der Waals surface area (Å²) in [5.41, 5.74) is 11.6. The summed E-state index contributed by atoms with van der Waals surface area (Å²) in [5, 5.41) is 0. The highest BCUT2D eigenvalue weighted by Gasteiger charge is 2.10. The van der Waals surface area contributed by atoms with Crippen LogP contribution < -0.4 is 17.0 Å². The summed E-state index contributed by atoms with van der Waals surface area (Å²) in [6, 6.07) is -0.240. The monoisotopic (exact) mass is 196 g/mol. The normalized spacial score (nSPS) is 12.8. The van der Waals surface area contributed by atoms with Crippen molar-refractivity contribution in [2.24, 2.45) is 5.73 Å². The van der Waals surface area contributed by atoms with Gasteiger partial charge in [0.1, 0.15) is 11.6 Å². The average molecular weight is 196 g/mol. The van der Waals surface area contributed by atoms with Crippen molar-refractivity contribution in [2.75, 3.05) is 5.73 Å². The summed E-state index contributed by atoms with van der Waals surface area (Å²) >= 11 is 0. The third kappa shape index (κ3) is 2.11. The van der Waals surface area contributed by atoms with Crippen LogP contribution in [-0.4, -0.2) is 9.97 Å². The lowest BCUT2D eigenvalue weighted by Crippen LogP contribution is -2.22. The van der Waals surface area contributed by atoms with Crippen molar-refractivity contribution in [1.82, 2.24) is 9.97 Å². The van der Waals surface area contributed by atoms with E-state index in [4.69, 9.17) is 11.5 Å². The second kappa shape index (κ2) is 4.23. The molecule has 1 aromatic heterocycles. The number of nitrogens with zero attached hydrogens (tertiary/aromatic N) is 1. The number of hydrogen-bond donors (Lipinski definition) is 3. The van der Waals surface area contributed by atoms with E-state index in [0.717, 1.165) is 12.8 Å². The van der Waals surface area contributed by atoms with Crippen LogP contribution in [0.15, 0.2) is 4.79 Å². The molecule has 5 heteroatoms. The Morgan fingerprint density at radius 3 is 2.71 bits per heavy atom. The molecule has 5 N–H and O–H groups in total. The van der Waals surface area contributed by atoms with Gasteiger partial charge in [-0.2, -0.15) is 0 Å². The molecule has 1 heterocycles. The molecule has 0 aliphatic rings. The van der Waals surface area contributed by atoms with Crippen molar-refractivity contribution in [3.05, 3.63) is 21.7 Å². The Labute approximate surface area is 82.5 Å². The minimum atomic E-state index is -0.240. The van der Waals surface area contributed by atoms with Crippen molar-refractivity contribution in [3.63, 3.8) is 0 Å². The van der Waals surface area contributed by atoms with E-state index in [2.05, 4.69) is 9.97 Å². The van der Waals surface area contributed by atoms with Crippen LogP contribution in [0.5, 0.6) is 0 Å². The van der Waals surface area contributed by atoms with Gasteiger partial charge in [0, 0.05) is 0 Å². The maximum Gasteiger partial charge on any atom is 0.255 e. The summed E-state index contributed by atoms with van der Waals surface area (Å²) in [5.74, 6) is 0.732. The molecule has 0 amide bonds. The van der Waals surface area contributed by atoms with Crippen LogP contribution in [0.2, 0.25) is 0 Å². The van der Waals surface area contributed by atoms with E-state index in [9.17, 15) is 4.79 Å². The van der Waals surface area contributed by atoms with E-state index in [1.54, 1.807) is 6.92 Å². The third-order valence-corrected chi connectivity index (χ3v) is 2.16. The van der Waals surface area contributed by atoms with Gasteiger partial charge in [-0.3, -0.25) is 4.79 Å². The molecule has 0 saturated carbocycles. The van der Waals surface area contributed by atoms with Gasteiger partial charge in [0.25, 0.3) is 5.56 Å². The minimum absolute atomic E-state index is 0.209. The highest BCUT2D eigenvalue weighted by molar-refractivity contribution is 5.36. The Morgan fingerprint density at radius 2 is 2.21 bits per heavy atom. The molecular formula is C9H16N4O. The molecule has 1 unspecified atom stereocenters. The molecule has 0 aliphatic heterocycles. The van der Waals surface area contributed by atoms with Crippen LogP contribution in [0.1, 0.15) is 37.2 Å². The van der Waals surface area contributed by atoms with Gasteiger partial charge in [0.05, 0.1) is 11.6 Å². The van der Waals surface area contributed by atoms with E-state index in [0.29, 0.717) is 11.4 Å². The number of nitrogens with one attached hydrogen (secondary N) is 1. The summed E-state index contributed by atoms with van der Waals surface area (Å²) in [6.07, 6.45) is 1.73. The van der Waals surface area contributed by atoms with Gasteiger partial charge < -0.3 is 16.5 Å². The molecule has 0 fully saturated rings. The van der Waals surface area contributed by atoms with Crippen molar-refractivity contribution >= 4 is 5.82 Å². The van der Waals surface area contributed by atoms with E-state index >= 15 is 0 Å². The summed E-state index contributed by atoms with van der Waals surface area (Å²) in [6.45, 7) is 3.66. The second-order valence-electron chi connectivity index (χ2n) is 3.36. The van der Waals surface area contributed by atoms with Crippen LogP contribution in [0.4, 0.5) is 5.82 Å². The molecule has 0 spiro atoms. The highest BCUT2D eigenvalue weighted by Crippen LogP contribution is 2.11. The number of nitrogens with two attached hydrogens (primary N) is 2. The summed E-state index contributed by atoms with van der Waals surface area (Å²) in [4.78, 5) is 18.0. The first-order chi connectivity index (χ1) is 6.56. The Hall–Kier alpha value is -1.36. The third-order valence-electron chi connectivity index (χ3n) is 2.16. The van der Waals surface area contributed by atoms with Gasteiger partial charge in [-0.05, 0) is 13.3 Å². The SMILES string of the molecule is CCCC(N)c1nc(N)c(C)c(=O)[nH]1. The number of aromatic amines is 1. The lowest BCUT2D eigenvalue weighted by molar-refractivity contribution is 0.599. The molecular weight excluding hydrogens is 180 g/mol. The summed E-state index contributed by atoms with van der Waals surface area (Å²) in [7, 11) is 0. The first kappa shape index (κ1) is 10.7. The van der Waals surface area contributed by atoms with Crippen molar-refractivity contribution in [1.29, 1.82) is 0 Å². The fourth-order valence-corrected chi connectivity index (χ4v) is 1.19. The molecule has 1 aromatic rings. The predicted octanol–water partition coefficient (Wildman–Crippen LogP) is 0.460. The van der Waals surface area contributed by atoms with Crippen molar-refractivity contribution in [3.8, 4) is 0 Å². The van der Waals surface area contributed by atoms with Crippen molar-refractivity contribution in [2.45, 2.75) is 32.7 Å². The van der Waals surface area contributed by atoms with Gasteiger partial charge in [0.15, 0.2) is 0 Å². The Balaban J connectivity index is 3.06. The van der Waals surface area contributed by atoms with Crippen LogP contribution in [-0.2, 0) is 0 Å². The molecule has 0 saturated heterocycles. The zero-order chi connectivity index (χ0) is 10.7. The van der Waals surface area contributed by atoms with Gasteiger partial charge in [-0.15, -0.1) is 0 Å². The lowest BCUT2D eigenvalue weighted by atomic mass is 10.1. The molecule has 0 aromatic carbocycles. The lowest BCUT2D eigenvalue weighted by Gasteiger charge is -2.10. The Morgan fingerprint density at radius 1 is 1.57 bits per heavy atom. The fourth-order valence-electron chi connectivity index (χ4n) is 1.19. The van der Waals surface area contributed by atoms with E-state index in [1.807, 2.05) is 6.92 Å². The highest BCUT2D eigenvalue weighted by atomic mass is 16.1. The Bertz CT molecular complexity index is 372. The first-order valence-corrected chi connectivity index (χ1v) is 4.68. The molecule has 0 bridgehead atoms. The average Bonchev–Trinajstić information content (AvgIpc) is 2.13. The van der Waals surface area contributed by atoms with Crippen LogP contribution in [0.3, 0.4) is 0 Å². The molecule has 0 aliphatic carbocycles. The van der Waals surface area contributed by atoms with E-state index in [1.165, 1.54) is 0 Å². The first-order valence-electron chi connectivity index (χ1n) is 4.68. The zero-order valence-electron chi connectivity index (χ0n) is 8.50. The van der Waals surface area contributed by atoms with Crippen LogP contribution >= 0.6 is 0 Å². The second-order valence-corrected chi connectivity index (χ2v) is 3.36. The molecule has 5 nitrogen and oxygen atoms in total.